The molecule has 0 fully saturated rings. The Hall–Kier alpha value is -2.87. The molecule has 1 atom stereocenters. The lowest BCUT2D eigenvalue weighted by Gasteiger charge is -2.32. The molecule has 13 nitrogen and oxygen atoms in total. The summed E-state index contributed by atoms with van der Waals surface area (Å²) in [4.78, 5) is 36.9. The van der Waals surface area contributed by atoms with Crippen molar-refractivity contribution in [1.29, 1.82) is 0 Å². The SMILES string of the molecule is C#CCOCC(COCC#C)(COCC#C)CC(=O)CCOCCOCCOCCOCCOCCOCCCC(=O)CC[C@H](C)C(=O)OC(C)(C)C. The van der Waals surface area contributed by atoms with Crippen molar-refractivity contribution in [2.24, 2.45) is 11.3 Å². The summed E-state index contributed by atoms with van der Waals surface area (Å²) in [5.74, 6) is 6.74. The first-order valence-electron chi connectivity index (χ1n) is 18.2. The van der Waals surface area contributed by atoms with E-state index in [-0.39, 0.29) is 82.5 Å². The number of hydrogen-bond acceptors (Lipinski definition) is 13. The molecular weight excluding hydrogens is 688 g/mol. The Morgan fingerprint density at radius 3 is 1.32 bits per heavy atom. The molecule has 13 heteroatoms. The highest BCUT2D eigenvalue weighted by molar-refractivity contribution is 5.80. The van der Waals surface area contributed by atoms with Crippen LogP contribution in [0.1, 0.15) is 66.2 Å². The van der Waals surface area contributed by atoms with E-state index in [0.29, 0.717) is 98.4 Å². The number of carbonyl (C=O) groups excluding carboxylic acids is 3. The summed E-state index contributed by atoms with van der Waals surface area (Å²) < 4.78 is 55.0. The molecular formula is C40H64O13. The minimum Gasteiger partial charge on any atom is -0.460 e. The average molecular weight is 753 g/mol. The highest BCUT2D eigenvalue weighted by Crippen LogP contribution is 2.26. The van der Waals surface area contributed by atoms with Gasteiger partial charge in [-0.25, -0.2) is 0 Å². The molecule has 0 heterocycles. The van der Waals surface area contributed by atoms with Crippen molar-refractivity contribution in [3.8, 4) is 37.0 Å². The molecule has 0 rings (SSSR count). The fraction of sp³-hybridized carbons (Fsp3) is 0.775. The van der Waals surface area contributed by atoms with Crippen molar-refractivity contribution >= 4 is 17.5 Å². The molecule has 0 aromatic rings. The maximum absolute atomic E-state index is 12.8. The molecule has 0 aromatic heterocycles. The number of carbonyl (C=O) groups is 3. The summed E-state index contributed by atoms with van der Waals surface area (Å²) in [7, 11) is 0. The summed E-state index contributed by atoms with van der Waals surface area (Å²) in [6, 6.07) is 0. The number of rotatable bonds is 37. The second kappa shape index (κ2) is 33.7. The highest BCUT2D eigenvalue weighted by Gasteiger charge is 2.34. The molecule has 0 unspecified atom stereocenters. The molecule has 0 bridgehead atoms. The number of hydrogen-bond donors (Lipinski definition) is 0. The fourth-order valence-corrected chi connectivity index (χ4v) is 4.55. The lowest BCUT2D eigenvalue weighted by molar-refractivity contribution is -0.159. The van der Waals surface area contributed by atoms with Gasteiger partial charge in [-0.3, -0.25) is 14.4 Å². The maximum atomic E-state index is 12.8. The van der Waals surface area contributed by atoms with Crippen LogP contribution in [-0.4, -0.2) is 142 Å². The highest BCUT2D eigenvalue weighted by atomic mass is 16.6. The molecule has 0 aliphatic heterocycles. The van der Waals surface area contributed by atoms with E-state index < -0.39 is 11.0 Å². The zero-order valence-electron chi connectivity index (χ0n) is 32.6. The van der Waals surface area contributed by atoms with Gasteiger partial charge in [0.05, 0.1) is 98.4 Å². The predicted octanol–water partition coefficient (Wildman–Crippen LogP) is 3.48. The smallest absolute Gasteiger partial charge is 0.309 e. The minimum atomic E-state index is -0.779. The zero-order chi connectivity index (χ0) is 39.5. The quantitative estimate of drug-likeness (QED) is 0.0520. The molecule has 0 spiro atoms. The molecule has 0 saturated carbocycles. The van der Waals surface area contributed by atoms with Crippen molar-refractivity contribution in [2.75, 3.05) is 119 Å². The van der Waals surface area contributed by atoms with E-state index in [1.807, 2.05) is 20.8 Å². The van der Waals surface area contributed by atoms with Gasteiger partial charge in [0.15, 0.2) is 0 Å². The van der Waals surface area contributed by atoms with Crippen LogP contribution in [0.2, 0.25) is 0 Å². The van der Waals surface area contributed by atoms with Gasteiger partial charge in [0, 0.05) is 37.7 Å². The Morgan fingerprint density at radius 2 is 0.925 bits per heavy atom. The molecule has 0 aliphatic carbocycles. The Kier molecular flexibility index (Phi) is 31.9. The van der Waals surface area contributed by atoms with E-state index in [9.17, 15) is 14.4 Å². The van der Waals surface area contributed by atoms with Gasteiger partial charge >= 0.3 is 5.97 Å². The molecule has 0 N–H and O–H groups in total. The van der Waals surface area contributed by atoms with Crippen LogP contribution in [0.5, 0.6) is 0 Å². The monoisotopic (exact) mass is 752 g/mol. The second-order valence-electron chi connectivity index (χ2n) is 13.3. The van der Waals surface area contributed by atoms with Gasteiger partial charge in [0.1, 0.15) is 37.0 Å². The van der Waals surface area contributed by atoms with Crippen LogP contribution in [0.3, 0.4) is 0 Å². The molecule has 0 aliphatic rings. The van der Waals surface area contributed by atoms with Gasteiger partial charge in [-0.2, -0.15) is 0 Å². The van der Waals surface area contributed by atoms with Gasteiger partial charge in [0.2, 0.25) is 0 Å². The van der Waals surface area contributed by atoms with Gasteiger partial charge in [-0.05, 0) is 33.6 Å². The summed E-state index contributed by atoms with van der Waals surface area (Å²) in [6.45, 7) is 12.9. The first-order chi connectivity index (χ1) is 25.5. The first kappa shape index (κ1) is 50.1. The molecule has 0 saturated heterocycles. The number of ketones is 2. The Labute approximate surface area is 318 Å². The predicted molar refractivity (Wildman–Crippen MR) is 199 cm³/mol. The molecule has 0 radical (unpaired) electrons. The van der Waals surface area contributed by atoms with Crippen LogP contribution in [0.15, 0.2) is 0 Å². The first-order valence-corrected chi connectivity index (χ1v) is 18.2. The zero-order valence-corrected chi connectivity index (χ0v) is 32.6. The lowest BCUT2D eigenvalue weighted by Crippen LogP contribution is -2.40. The van der Waals surface area contributed by atoms with Gasteiger partial charge in [-0.1, -0.05) is 24.7 Å². The van der Waals surface area contributed by atoms with Crippen LogP contribution < -0.4 is 0 Å². The summed E-state index contributed by atoms with van der Waals surface area (Å²) in [5.41, 5.74) is -1.30. The largest absolute Gasteiger partial charge is 0.460 e. The standard InChI is InChI=1S/C40H64O13/c1-8-16-50-32-40(33-51-17-9-2,34-52-18-10-3)31-37(42)15-20-45-22-24-47-26-28-49-30-29-48-27-25-46-23-21-44-19-11-12-36(41)14-13-35(4)38(43)53-39(5,6)7/h1-3,35H,11-34H2,4-7H3/t35-/m0/s1. The molecule has 0 amide bonds. The topological polar surface area (TPSA) is 144 Å². The number of esters is 1. The minimum absolute atomic E-state index is 0.0433. The van der Waals surface area contributed by atoms with E-state index in [1.54, 1.807) is 6.92 Å². The summed E-state index contributed by atoms with van der Waals surface area (Å²) >= 11 is 0. The normalized spacial score (nSPS) is 12.1. The third-order valence-corrected chi connectivity index (χ3v) is 7.15. The van der Waals surface area contributed by atoms with Gasteiger partial charge < -0.3 is 47.4 Å². The third kappa shape index (κ3) is 32.3. The fourth-order valence-electron chi connectivity index (χ4n) is 4.55. The Balaban J connectivity index is 3.74. The Bertz CT molecular complexity index is 1030. The molecule has 53 heavy (non-hydrogen) atoms. The van der Waals surface area contributed by atoms with Crippen molar-refractivity contribution in [3.05, 3.63) is 0 Å². The van der Waals surface area contributed by atoms with Gasteiger partial charge in [0.25, 0.3) is 0 Å². The molecule has 0 aromatic carbocycles. The van der Waals surface area contributed by atoms with Crippen molar-refractivity contribution in [3.63, 3.8) is 0 Å². The van der Waals surface area contributed by atoms with Crippen molar-refractivity contribution < 1.29 is 61.8 Å². The number of ether oxygens (including phenoxy) is 10. The summed E-state index contributed by atoms with van der Waals surface area (Å²) in [6.07, 6.45) is 18.1. The van der Waals surface area contributed by atoms with Crippen molar-refractivity contribution in [2.45, 2.75) is 71.8 Å². The average Bonchev–Trinajstić information content (AvgIpc) is 3.10. The van der Waals surface area contributed by atoms with Crippen molar-refractivity contribution in [1.82, 2.24) is 0 Å². The Morgan fingerprint density at radius 1 is 0.528 bits per heavy atom. The van der Waals surface area contributed by atoms with E-state index in [0.717, 1.165) is 0 Å². The van der Waals surface area contributed by atoms with Crippen LogP contribution in [0.25, 0.3) is 0 Å². The second-order valence-corrected chi connectivity index (χ2v) is 13.3. The van der Waals surface area contributed by atoms with E-state index >= 15 is 0 Å². The third-order valence-electron chi connectivity index (χ3n) is 7.15. The number of terminal acetylenes is 3. The van der Waals surface area contributed by atoms with E-state index in [4.69, 9.17) is 66.6 Å². The van der Waals surface area contributed by atoms with Crippen LogP contribution in [0.4, 0.5) is 0 Å². The van der Waals surface area contributed by atoms with Gasteiger partial charge in [-0.15, -0.1) is 19.3 Å². The maximum Gasteiger partial charge on any atom is 0.309 e. The van der Waals surface area contributed by atoms with E-state index in [1.165, 1.54) is 0 Å². The van der Waals surface area contributed by atoms with Crippen LogP contribution in [0, 0.1) is 48.4 Å². The molecule has 302 valence electrons. The van der Waals surface area contributed by atoms with E-state index in [2.05, 4.69) is 17.8 Å². The summed E-state index contributed by atoms with van der Waals surface area (Å²) in [5, 5.41) is 0. The van der Waals surface area contributed by atoms with Crippen LogP contribution in [-0.2, 0) is 61.8 Å². The van der Waals surface area contributed by atoms with Crippen LogP contribution >= 0.6 is 0 Å². The lowest BCUT2D eigenvalue weighted by atomic mass is 9.84. The number of Topliss-reactive ketones (excluding diaryl/α,β-unsaturated/α-hetero) is 2.